The van der Waals surface area contributed by atoms with E-state index >= 15 is 0 Å². The molecule has 1 aliphatic rings. The lowest BCUT2D eigenvalue weighted by Gasteiger charge is -2.26. The number of rotatable bonds is 6. The minimum Gasteiger partial charge on any atom is -0.317 e. The van der Waals surface area contributed by atoms with E-state index in [2.05, 4.69) is 37.6 Å². The molecule has 0 amide bonds. The zero-order valence-corrected chi connectivity index (χ0v) is 11.0. The summed E-state index contributed by atoms with van der Waals surface area (Å²) < 4.78 is 0. The standard InChI is InChI=1S/C13H25NS/c1-4-11(2)9-13(14-3)10-12-5-7-15-8-6-12/h12-14H,2,4-10H2,1,3H3. The highest BCUT2D eigenvalue weighted by Gasteiger charge is 2.18. The van der Waals surface area contributed by atoms with E-state index in [0.29, 0.717) is 6.04 Å². The highest BCUT2D eigenvalue weighted by atomic mass is 32.2. The predicted octanol–water partition coefficient (Wildman–Crippen LogP) is 3.46. The fourth-order valence-electron chi connectivity index (χ4n) is 2.18. The van der Waals surface area contributed by atoms with Crippen LogP contribution in [0.1, 0.15) is 39.0 Å². The summed E-state index contributed by atoms with van der Waals surface area (Å²) in [7, 11) is 2.09. The van der Waals surface area contributed by atoms with Gasteiger partial charge in [0, 0.05) is 6.04 Å². The van der Waals surface area contributed by atoms with Crippen molar-refractivity contribution in [1.29, 1.82) is 0 Å². The molecule has 1 rings (SSSR count). The van der Waals surface area contributed by atoms with Crippen molar-refractivity contribution in [3.63, 3.8) is 0 Å². The molecule has 0 spiro atoms. The molecular formula is C13H25NS. The maximum atomic E-state index is 4.11. The summed E-state index contributed by atoms with van der Waals surface area (Å²) in [5.74, 6) is 3.69. The molecule has 0 saturated carbocycles. The Balaban J connectivity index is 2.28. The van der Waals surface area contributed by atoms with Crippen LogP contribution in [0.3, 0.4) is 0 Å². The van der Waals surface area contributed by atoms with Crippen LogP contribution in [0.5, 0.6) is 0 Å². The van der Waals surface area contributed by atoms with Gasteiger partial charge in [-0.15, -0.1) is 0 Å². The Morgan fingerprint density at radius 3 is 2.67 bits per heavy atom. The maximum Gasteiger partial charge on any atom is 0.0104 e. The molecule has 0 aromatic heterocycles. The van der Waals surface area contributed by atoms with Gasteiger partial charge in [-0.05, 0) is 56.6 Å². The quantitative estimate of drug-likeness (QED) is 0.697. The third-order valence-corrected chi connectivity index (χ3v) is 4.45. The number of thioether (sulfide) groups is 1. The molecule has 15 heavy (non-hydrogen) atoms. The van der Waals surface area contributed by atoms with Crippen LogP contribution in [0.4, 0.5) is 0 Å². The second-order valence-electron chi connectivity index (χ2n) is 4.58. The van der Waals surface area contributed by atoms with E-state index in [1.54, 1.807) is 0 Å². The molecule has 1 unspecified atom stereocenters. The van der Waals surface area contributed by atoms with Gasteiger partial charge in [-0.2, -0.15) is 11.8 Å². The monoisotopic (exact) mass is 227 g/mol. The molecule has 1 N–H and O–H groups in total. The van der Waals surface area contributed by atoms with Crippen molar-refractivity contribution >= 4 is 11.8 Å². The smallest absolute Gasteiger partial charge is 0.0104 e. The third-order valence-electron chi connectivity index (χ3n) is 3.40. The SMILES string of the molecule is C=C(CC)CC(CC1CCSCC1)NC. The van der Waals surface area contributed by atoms with Gasteiger partial charge in [0.15, 0.2) is 0 Å². The molecule has 1 fully saturated rings. The van der Waals surface area contributed by atoms with Crippen molar-refractivity contribution in [3.8, 4) is 0 Å². The first kappa shape index (κ1) is 13.1. The lowest BCUT2D eigenvalue weighted by Crippen LogP contribution is -2.29. The Bertz CT molecular complexity index is 185. The molecule has 0 aromatic rings. The zero-order chi connectivity index (χ0) is 11.1. The highest BCUT2D eigenvalue weighted by Crippen LogP contribution is 2.27. The van der Waals surface area contributed by atoms with Gasteiger partial charge in [-0.3, -0.25) is 0 Å². The molecule has 2 heteroatoms. The van der Waals surface area contributed by atoms with Crippen molar-refractivity contribution in [3.05, 3.63) is 12.2 Å². The summed E-state index contributed by atoms with van der Waals surface area (Å²) in [6, 6.07) is 0.658. The molecule has 1 nitrogen and oxygen atoms in total. The average molecular weight is 227 g/mol. The second-order valence-corrected chi connectivity index (χ2v) is 5.81. The topological polar surface area (TPSA) is 12.0 Å². The van der Waals surface area contributed by atoms with Crippen molar-refractivity contribution in [2.75, 3.05) is 18.6 Å². The lowest BCUT2D eigenvalue weighted by molar-refractivity contribution is 0.374. The van der Waals surface area contributed by atoms with Crippen LogP contribution in [0.25, 0.3) is 0 Å². The molecule has 1 aliphatic heterocycles. The van der Waals surface area contributed by atoms with Gasteiger partial charge in [0.2, 0.25) is 0 Å². The predicted molar refractivity (Wildman–Crippen MR) is 71.6 cm³/mol. The van der Waals surface area contributed by atoms with Crippen molar-refractivity contribution in [1.82, 2.24) is 5.32 Å². The highest BCUT2D eigenvalue weighted by molar-refractivity contribution is 7.99. The lowest BCUT2D eigenvalue weighted by atomic mass is 9.91. The number of hydrogen-bond acceptors (Lipinski definition) is 2. The molecule has 1 saturated heterocycles. The largest absolute Gasteiger partial charge is 0.317 e. The van der Waals surface area contributed by atoms with E-state index in [1.165, 1.54) is 36.3 Å². The number of hydrogen-bond donors (Lipinski definition) is 1. The van der Waals surface area contributed by atoms with Gasteiger partial charge in [-0.1, -0.05) is 19.1 Å². The zero-order valence-electron chi connectivity index (χ0n) is 10.2. The van der Waals surface area contributed by atoms with E-state index in [9.17, 15) is 0 Å². The Morgan fingerprint density at radius 1 is 1.47 bits per heavy atom. The van der Waals surface area contributed by atoms with Gasteiger partial charge < -0.3 is 5.32 Å². The van der Waals surface area contributed by atoms with Gasteiger partial charge >= 0.3 is 0 Å². The summed E-state index contributed by atoms with van der Waals surface area (Å²) >= 11 is 2.11. The summed E-state index contributed by atoms with van der Waals surface area (Å²) in [6.07, 6.45) is 6.47. The second kappa shape index (κ2) is 7.34. The van der Waals surface area contributed by atoms with Gasteiger partial charge in [0.05, 0.1) is 0 Å². The van der Waals surface area contributed by atoms with Crippen LogP contribution in [0, 0.1) is 5.92 Å². The summed E-state index contributed by atoms with van der Waals surface area (Å²) in [6.45, 7) is 6.31. The van der Waals surface area contributed by atoms with E-state index in [0.717, 1.165) is 18.8 Å². The van der Waals surface area contributed by atoms with Crippen LogP contribution in [-0.2, 0) is 0 Å². The fourth-order valence-corrected chi connectivity index (χ4v) is 3.38. The molecule has 1 atom stereocenters. The minimum atomic E-state index is 0.658. The van der Waals surface area contributed by atoms with E-state index in [-0.39, 0.29) is 0 Å². The van der Waals surface area contributed by atoms with Crippen molar-refractivity contribution < 1.29 is 0 Å². The number of nitrogens with one attached hydrogen (secondary N) is 1. The van der Waals surface area contributed by atoms with Crippen LogP contribution < -0.4 is 5.32 Å². The molecule has 0 bridgehead atoms. The third kappa shape index (κ3) is 5.07. The summed E-state index contributed by atoms with van der Waals surface area (Å²) in [5, 5.41) is 3.45. The normalized spacial score (nSPS) is 20.1. The molecule has 0 aromatic carbocycles. The van der Waals surface area contributed by atoms with Gasteiger partial charge in [0.1, 0.15) is 0 Å². The first-order valence-electron chi connectivity index (χ1n) is 6.18. The van der Waals surface area contributed by atoms with E-state index in [4.69, 9.17) is 0 Å². The Labute approximate surface area is 99.1 Å². The average Bonchev–Trinajstić information content (AvgIpc) is 2.29. The Hall–Kier alpha value is 0.0500. The molecule has 88 valence electrons. The van der Waals surface area contributed by atoms with Crippen molar-refractivity contribution in [2.24, 2.45) is 5.92 Å². The summed E-state index contributed by atoms with van der Waals surface area (Å²) in [4.78, 5) is 0. The van der Waals surface area contributed by atoms with Gasteiger partial charge in [-0.25, -0.2) is 0 Å². The van der Waals surface area contributed by atoms with Crippen LogP contribution >= 0.6 is 11.8 Å². The molecular weight excluding hydrogens is 202 g/mol. The Morgan fingerprint density at radius 2 is 2.13 bits per heavy atom. The molecule has 0 radical (unpaired) electrons. The van der Waals surface area contributed by atoms with Gasteiger partial charge in [0.25, 0.3) is 0 Å². The van der Waals surface area contributed by atoms with E-state index in [1.807, 2.05) is 0 Å². The van der Waals surface area contributed by atoms with Crippen LogP contribution in [-0.4, -0.2) is 24.6 Å². The first-order valence-corrected chi connectivity index (χ1v) is 7.33. The van der Waals surface area contributed by atoms with Crippen LogP contribution in [0.2, 0.25) is 0 Å². The first-order chi connectivity index (χ1) is 7.26. The minimum absolute atomic E-state index is 0.658. The maximum absolute atomic E-state index is 4.11. The summed E-state index contributed by atoms with van der Waals surface area (Å²) in [5.41, 5.74) is 1.39. The van der Waals surface area contributed by atoms with Crippen LogP contribution in [0.15, 0.2) is 12.2 Å². The fraction of sp³-hybridized carbons (Fsp3) is 0.846. The molecule has 1 heterocycles. The van der Waals surface area contributed by atoms with Crippen molar-refractivity contribution in [2.45, 2.75) is 45.1 Å². The Kier molecular flexibility index (Phi) is 6.42. The molecule has 0 aliphatic carbocycles. The van der Waals surface area contributed by atoms with E-state index < -0.39 is 0 Å².